The van der Waals surface area contributed by atoms with Gasteiger partial charge in [-0.25, -0.2) is 4.39 Å². The number of hydrogen-bond acceptors (Lipinski definition) is 4. The van der Waals surface area contributed by atoms with E-state index in [1.807, 2.05) is 13.0 Å². The second-order valence-electron chi connectivity index (χ2n) is 6.02. The van der Waals surface area contributed by atoms with Gasteiger partial charge in [0, 0.05) is 30.9 Å². The van der Waals surface area contributed by atoms with Crippen molar-refractivity contribution in [1.29, 1.82) is 0 Å². The van der Waals surface area contributed by atoms with E-state index >= 15 is 0 Å². The molecule has 1 heterocycles. The number of nitrogens with zero attached hydrogens (tertiary/aromatic N) is 1. The summed E-state index contributed by atoms with van der Waals surface area (Å²) in [5, 5.41) is 5.01. The lowest BCUT2D eigenvalue weighted by Crippen LogP contribution is -2.18. The van der Waals surface area contributed by atoms with Gasteiger partial charge in [0.1, 0.15) is 23.0 Å². The maximum Gasteiger partial charge on any atom is 0.269 e. The largest absolute Gasteiger partial charge is 0.457 e. The third kappa shape index (κ3) is 4.50. The van der Waals surface area contributed by atoms with Crippen LogP contribution in [0, 0.1) is 12.7 Å². The fourth-order valence-electron chi connectivity index (χ4n) is 2.50. The molecule has 142 valence electrons. The Balaban J connectivity index is 1.74. The molecule has 0 radical (unpaired) electrons. The first-order valence-corrected chi connectivity index (χ1v) is 8.50. The van der Waals surface area contributed by atoms with E-state index in [1.165, 1.54) is 31.4 Å². The molecule has 6 nitrogen and oxygen atoms in total. The molecule has 0 unspecified atom stereocenters. The lowest BCUT2D eigenvalue weighted by atomic mass is 10.1. The molecule has 0 saturated heterocycles. The van der Waals surface area contributed by atoms with Gasteiger partial charge in [0.05, 0.1) is 5.69 Å². The van der Waals surface area contributed by atoms with Crippen molar-refractivity contribution < 1.29 is 18.7 Å². The van der Waals surface area contributed by atoms with E-state index in [0.29, 0.717) is 11.3 Å². The fraction of sp³-hybridized carbons (Fsp3) is 0.0952. The third-order valence-electron chi connectivity index (χ3n) is 3.90. The molecule has 2 amide bonds. The number of nitrogens with one attached hydrogen (secondary N) is 2. The first-order chi connectivity index (χ1) is 13.5. The minimum atomic E-state index is -0.640. The number of benzene rings is 2. The molecule has 3 aromatic rings. The summed E-state index contributed by atoms with van der Waals surface area (Å²) in [6, 6.07) is 14.1. The number of aromatic nitrogens is 1. The minimum absolute atomic E-state index is 0.0413. The number of anilines is 1. The van der Waals surface area contributed by atoms with Crippen molar-refractivity contribution in [3.63, 3.8) is 0 Å². The maximum absolute atomic E-state index is 14.4. The number of rotatable bonds is 5. The highest BCUT2D eigenvalue weighted by Gasteiger charge is 2.12. The predicted octanol–water partition coefficient (Wildman–Crippen LogP) is 3.93. The molecule has 2 aromatic carbocycles. The molecular weight excluding hydrogens is 361 g/mol. The van der Waals surface area contributed by atoms with Crippen LogP contribution in [0.5, 0.6) is 11.5 Å². The van der Waals surface area contributed by atoms with Gasteiger partial charge in [0.15, 0.2) is 0 Å². The first kappa shape index (κ1) is 19.0. The zero-order valence-corrected chi connectivity index (χ0v) is 15.3. The van der Waals surface area contributed by atoms with Crippen molar-refractivity contribution in [3.8, 4) is 11.5 Å². The Morgan fingerprint density at radius 3 is 2.50 bits per heavy atom. The molecule has 0 aliphatic carbocycles. The minimum Gasteiger partial charge on any atom is -0.457 e. The highest BCUT2D eigenvalue weighted by atomic mass is 19.1. The Morgan fingerprint density at radius 2 is 1.79 bits per heavy atom. The molecule has 0 saturated carbocycles. The number of ether oxygens (including phenoxy) is 1. The summed E-state index contributed by atoms with van der Waals surface area (Å²) in [6.07, 6.45) is 1.42. The Labute approximate surface area is 161 Å². The summed E-state index contributed by atoms with van der Waals surface area (Å²) in [4.78, 5) is 27.8. The van der Waals surface area contributed by atoms with Crippen LogP contribution in [0.15, 0.2) is 60.8 Å². The number of amides is 2. The van der Waals surface area contributed by atoms with E-state index in [9.17, 15) is 14.0 Å². The zero-order chi connectivity index (χ0) is 20.1. The molecule has 2 N–H and O–H groups in total. The van der Waals surface area contributed by atoms with Gasteiger partial charge in [0.25, 0.3) is 11.8 Å². The number of pyridine rings is 1. The van der Waals surface area contributed by atoms with Crippen molar-refractivity contribution in [2.75, 3.05) is 12.4 Å². The molecule has 0 spiro atoms. The van der Waals surface area contributed by atoms with Crippen LogP contribution < -0.4 is 15.4 Å². The SMILES string of the molecule is CNC(=O)c1cc(Oc2ccc(NC(=O)c3cccc(C)c3)c(F)c2)ccn1. The Morgan fingerprint density at radius 1 is 1.00 bits per heavy atom. The molecule has 3 rings (SSSR count). The third-order valence-corrected chi connectivity index (χ3v) is 3.90. The number of halogens is 1. The molecule has 0 bridgehead atoms. The van der Waals surface area contributed by atoms with Gasteiger partial charge in [-0.3, -0.25) is 14.6 Å². The predicted molar refractivity (Wildman–Crippen MR) is 103 cm³/mol. The molecule has 0 aliphatic heterocycles. The number of carbonyl (C=O) groups is 2. The van der Waals surface area contributed by atoms with Crippen LogP contribution in [0.1, 0.15) is 26.4 Å². The van der Waals surface area contributed by atoms with Crippen molar-refractivity contribution in [1.82, 2.24) is 10.3 Å². The highest BCUT2D eigenvalue weighted by Crippen LogP contribution is 2.26. The van der Waals surface area contributed by atoms with Crippen LogP contribution in [0.2, 0.25) is 0 Å². The Hall–Kier alpha value is -3.74. The maximum atomic E-state index is 14.4. The quantitative estimate of drug-likeness (QED) is 0.704. The first-order valence-electron chi connectivity index (χ1n) is 8.50. The molecule has 7 heteroatoms. The van der Waals surface area contributed by atoms with Crippen molar-refractivity contribution in [3.05, 3.63) is 83.4 Å². The van der Waals surface area contributed by atoms with E-state index in [2.05, 4.69) is 15.6 Å². The van der Waals surface area contributed by atoms with Crippen LogP contribution in [-0.4, -0.2) is 23.8 Å². The second kappa shape index (κ2) is 8.30. The van der Waals surface area contributed by atoms with Gasteiger partial charge < -0.3 is 15.4 Å². The Kier molecular flexibility index (Phi) is 5.64. The van der Waals surface area contributed by atoms with E-state index in [4.69, 9.17) is 4.74 Å². The van der Waals surface area contributed by atoms with Crippen LogP contribution in [0.25, 0.3) is 0 Å². The van der Waals surface area contributed by atoms with Crippen LogP contribution >= 0.6 is 0 Å². The average molecular weight is 379 g/mol. The molecular formula is C21H18FN3O3. The van der Waals surface area contributed by atoms with Gasteiger partial charge in [-0.05, 0) is 37.3 Å². The Bertz CT molecular complexity index is 1040. The number of aryl methyl sites for hydroxylation is 1. The molecule has 0 atom stereocenters. The monoisotopic (exact) mass is 379 g/mol. The smallest absolute Gasteiger partial charge is 0.269 e. The van der Waals surface area contributed by atoms with Crippen LogP contribution in [0.3, 0.4) is 0 Å². The van der Waals surface area contributed by atoms with Gasteiger partial charge in [0.2, 0.25) is 0 Å². The summed E-state index contributed by atoms with van der Waals surface area (Å²) in [5.74, 6) is -0.838. The van der Waals surface area contributed by atoms with E-state index in [0.717, 1.165) is 11.6 Å². The summed E-state index contributed by atoms with van der Waals surface area (Å²) < 4.78 is 20.0. The lowest BCUT2D eigenvalue weighted by Gasteiger charge is -2.10. The molecule has 1 aromatic heterocycles. The zero-order valence-electron chi connectivity index (χ0n) is 15.3. The van der Waals surface area contributed by atoms with Gasteiger partial charge in [-0.1, -0.05) is 17.7 Å². The van der Waals surface area contributed by atoms with Crippen molar-refractivity contribution in [2.24, 2.45) is 0 Å². The summed E-state index contributed by atoms with van der Waals surface area (Å²) in [6.45, 7) is 1.87. The van der Waals surface area contributed by atoms with E-state index < -0.39 is 11.7 Å². The summed E-state index contributed by atoms with van der Waals surface area (Å²) >= 11 is 0. The lowest BCUT2D eigenvalue weighted by molar-refractivity contribution is 0.0957. The van der Waals surface area contributed by atoms with Crippen LogP contribution in [-0.2, 0) is 0 Å². The topological polar surface area (TPSA) is 80.3 Å². The van der Waals surface area contributed by atoms with Crippen LogP contribution in [0.4, 0.5) is 10.1 Å². The van der Waals surface area contributed by atoms with Gasteiger partial charge in [-0.2, -0.15) is 0 Å². The number of carbonyl (C=O) groups excluding carboxylic acids is 2. The van der Waals surface area contributed by atoms with E-state index in [-0.39, 0.29) is 23.0 Å². The molecule has 28 heavy (non-hydrogen) atoms. The summed E-state index contributed by atoms with van der Waals surface area (Å²) in [5.41, 5.74) is 1.60. The number of hydrogen-bond donors (Lipinski definition) is 2. The van der Waals surface area contributed by atoms with Crippen molar-refractivity contribution >= 4 is 17.5 Å². The molecule has 0 aliphatic rings. The van der Waals surface area contributed by atoms with Gasteiger partial charge in [-0.15, -0.1) is 0 Å². The fourth-order valence-corrected chi connectivity index (χ4v) is 2.50. The van der Waals surface area contributed by atoms with Crippen molar-refractivity contribution in [2.45, 2.75) is 6.92 Å². The average Bonchev–Trinajstić information content (AvgIpc) is 2.69. The van der Waals surface area contributed by atoms with Gasteiger partial charge >= 0.3 is 0 Å². The second-order valence-corrected chi connectivity index (χ2v) is 6.02. The normalized spacial score (nSPS) is 10.2. The molecule has 0 fully saturated rings. The van der Waals surface area contributed by atoms with E-state index in [1.54, 1.807) is 24.3 Å². The standard InChI is InChI=1S/C21H18FN3O3/c1-13-4-3-5-14(10-13)20(26)25-18-7-6-15(11-17(18)22)28-16-8-9-24-19(12-16)21(27)23-2/h3-12H,1-2H3,(H,23,27)(H,25,26). The summed E-state index contributed by atoms with van der Waals surface area (Å²) in [7, 11) is 1.50. The highest BCUT2D eigenvalue weighted by molar-refractivity contribution is 6.04.